The fourth-order valence-electron chi connectivity index (χ4n) is 4.69. The number of allylic oxidation sites excluding steroid dienone is 2. The molecular formula is C21H20N3O3+. The molecule has 0 radical (unpaired) electrons. The molecule has 136 valence electrons. The summed E-state index contributed by atoms with van der Waals surface area (Å²) in [7, 11) is 0. The minimum atomic E-state index is -0.0352. The van der Waals surface area contributed by atoms with E-state index >= 15 is 0 Å². The lowest BCUT2D eigenvalue weighted by Crippen LogP contribution is -2.35. The molecule has 0 saturated carbocycles. The third kappa shape index (κ3) is 2.22. The van der Waals surface area contributed by atoms with Crippen molar-refractivity contribution in [3.63, 3.8) is 0 Å². The minimum Gasteiger partial charge on any atom is -0.350 e. The van der Waals surface area contributed by atoms with Crippen LogP contribution in [-0.4, -0.2) is 29.2 Å². The minimum absolute atomic E-state index is 0.0164. The molecule has 5 rings (SSSR count). The van der Waals surface area contributed by atoms with Crippen LogP contribution in [0.2, 0.25) is 0 Å². The van der Waals surface area contributed by atoms with Crippen molar-refractivity contribution in [3.8, 4) is 0 Å². The Labute approximate surface area is 155 Å². The van der Waals surface area contributed by atoms with Crippen molar-refractivity contribution < 1.29 is 14.3 Å². The van der Waals surface area contributed by atoms with Gasteiger partial charge in [-0.2, -0.15) is 0 Å². The average Bonchev–Trinajstić information content (AvgIpc) is 3.34. The fraction of sp³-hybridized carbons (Fsp3) is 0.381. The molecule has 4 aliphatic rings. The number of nitroso groups, excluding NO2 is 1. The number of hydrogen-bond acceptors (Lipinski definition) is 4. The van der Waals surface area contributed by atoms with E-state index in [4.69, 9.17) is 0 Å². The molecule has 0 saturated heterocycles. The monoisotopic (exact) mass is 362 g/mol. The second-order valence-electron chi connectivity index (χ2n) is 7.45. The van der Waals surface area contributed by atoms with E-state index in [-0.39, 0.29) is 18.1 Å². The second-order valence-corrected chi connectivity index (χ2v) is 7.45. The highest BCUT2D eigenvalue weighted by Gasteiger charge is 2.45. The van der Waals surface area contributed by atoms with Gasteiger partial charge in [0, 0.05) is 52.3 Å². The highest BCUT2D eigenvalue weighted by Crippen LogP contribution is 2.47. The van der Waals surface area contributed by atoms with Crippen LogP contribution in [0.15, 0.2) is 10.7 Å². The van der Waals surface area contributed by atoms with E-state index < -0.39 is 0 Å². The topological polar surface area (TPSA) is 78.6 Å². The van der Waals surface area contributed by atoms with Gasteiger partial charge in [-0.1, -0.05) is 6.92 Å². The number of benzene rings is 1. The van der Waals surface area contributed by atoms with Crippen LogP contribution >= 0.6 is 0 Å². The van der Waals surface area contributed by atoms with Gasteiger partial charge in [0.15, 0.2) is 5.78 Å². The van der Waals surface area contributed by atoms with E-state index in [0.29, 0.717) is 18.7 Å². The zero-order valence-corrected chi connectivity index (χ0v) is 15.2. The molecular weight excluding hydrogens is 342 g/mol. The Morgan fingerprint density at radius 2 is 2.11 bits per heavy atom. The van der Waals surface area contributed by atoms with Crippen molar-refractivity contribution in [2.45, 2.75) is 45.4 Å². The van der Waals surface area contributed by atoms with Crippen LogP contribution in [0.3, 0.4) is 0 Å². The van der Waals surface area contributed by atoms with Crippen molar-refractivity contribution in [2.24, 2.45) is 4.99 Å². The van der Waals surface area contributed by atoms with Crippen LogP contribution < -0.4 is 15.8 Å². The van der Waals surface area contributed by atoms with Gasteiger partial charge in [-0.25, -0.2) is 0 Å². The van der Waals surface area contributed by atoms with E-state index in [1.165, 1.54) is 0 Å². The summed E-state index contributed by atoms with van der Waals surface area (Å²) in [5.41, 5.74) is 6.12. The summed E-state index contributed by atoms with van der Waals surface area (Å²) in [6, 6.07) is 0. The summed E-state index contributed by atoms with van der Waals surface area (Å²) >= 11 is 0. The van der Waals surface area contributed by atoms with Gasteiger partial charge in [-0.05, 0) is 30.6 Å². The van der Waals surface area contributed by atoms with Crippen molar-refractivity contribution >= 4 is 40.9 Å². The number of fused-ring (bicyclic) bond motifs is 7. The van der Waals surface area contributed by atoms with Gasteiger partial charge in [-0.3, -0.25) is 14.6 Å². The number of rotatable bonds is 3. The average molecular weight is 362 g/mol. The Morgan fingerprint density at radius 3 is 2.93 bits per heavy atom. The third-order valence-corrected chi connectivity index (χ3v) is 5.91. The number of Topliss-reactive ketones (excluding diaryl/α,β-unsaturated/α-hetero) is 1. The Kier molecular flexibility index (Phi) is 3.50. The number of ketones is 1. The van der Waals surface area contributed by atoms with Crippen LogP contribution in [0.25, 0.3) is 17.3 Å². The maximum Gasteiger partial charge on any atom is 0.275 e. The third-order valence-electron chi connectivity index (χ3n) is 5.91. The van der Waals surface area contributed by atoms with Crippen molar-refractivity contribution in [3.05, 3.63) is 37.7 Å². The maximum absolute atomic E-state index is 13.1. The van der Waals surface area contributed by atoms with Crippen LogP contribution in [0, 0.1) is 4.91 Å². The molecule has 0 unspecified atom stereocenters. The zero-order valence-electron chi connectivity index (χ0n) is 15.2. The molecule has 2 aliphatic carbocycles. The van der Waals surface area contributed by atoms with Crippen molar-refractivity contribution in [1.29, 1.82) is 0 Å². The van der Waals surface area contributed by atoms with Crippen LogP contribution in [0.1, 0.15) is 55.7 Å². The number of nitrogens with zero attached hydrogens (tertiary/aromatic N) is 2. The first-order valence-corrected chi connectivity index (χ1v) is 9.57. The molecule has 0 aromatic heterocycles. The molecule has 2 heterocycles. The maximum atomic E-state index is 13.1. The summed E-state index contributed by atoms with van der Waals surface area (Å²) in [5.74, 6) is -0.0188. The van der Waals surface area contributed by atoms with Gasteiger partial charge < -0.3 is 5.32 Å². The van der Waals surface area contributed by atoms with Crippen molar-refractivity contribution in [1.82, 2.24) is 5.32 Å². The number of aliphatic imine (C=N–C) groups is 1. The predicted molar refractivity (Wildman–Crippen MR) is 102 cm³/mol. The standard InChI is InChI=1S/C21H19N3O3/c1-2-18(26)23-10-16-19-13-7-11(25)8-14(13)21-20(15(19)9-22-16)12-5-3-4-6-17(12)24(21)27/h7,9H,2-6,8,10H2,1H3/p+1. The second kappa shape index (κ2) is 5.81. The number of carbonyl (C=O) groups excluding carboxylic acids is 2. The van der Waals surface area contributed by atoms with Gasteiger partial charge >= 0.3 is 0 Å². The number of hydrogen-bond donors (Lipinski definition) is 1. The van der Waals surface area contributed by atoms with Crippen molar-refractivity contribution in [2.75, 3.05) is 6.54 Å². The predicted octanol–water partition coefficient (Wildman–Crippen LogP) is 1.37. The molecule has 1 N–H and O–H groups in total. The lowest BCUT2D eigenvalue weighted by atomic mass is 9.88. The lowest BCUT2D eigenvalue weighted by Gasteiger charge is -2.09. The normalized spacial score (nSPS) is 19.1. The zero-order chi connectivity index (χ0) is 18.7. The van der Waals surface area contributed by atoms with E-state index in [1.807, 2.05) is 6.92 Å². The molecule has 0 atom stereocenters. The molecule has 6 heteroatoms. The molecule has 0 fully saturated rings. The molecule has 0 spiro atoms. The summed E-state index contributed by atoms with van der Waals surface area (Å²) in [4.78, 5) is 41.5. The summed E-state index contributed by atoms with van der Waals surface area (Å²) in [5, 5.41) is 4.61. The summed E-state index contributed by atoms with van der Waals surface area (Å²) < 4.78 is 1.07. The Bertz CT molecular complexity index is 1140. The summed E-state index contributed by atoms with van der Waals surface area (Å²) in [6.45, 7) is 2.14. The molecule has 1 aromatic rings. The van der Waals surface area contributed by atoms with E-state index in [0.717, 1.165) is 74.5 Å². The Balaban J connectivity index is 1.79. The molecule has 0 bridgehead atoms. The molecule has 1 aromatic carbocycles. The molecule has 6 nitrogen and oxygen atoms in total. The number of amides is 1. The molecule has 2 aliphatic heterocycles. The Hall–Kier alpha value is -2.89. The van der Waals surface area contributed by atoms with Crippen LogP contribution in [0.5, 0.6) is 0 Å². The molecule has 1 amide bonds. The first kappa shape index (κ1) is 16.3. The largest absolute Gasteiger partial charge is 0.350 e. The van der Waals surface area contributed by atoms with Gasteiger partial charge in [0.25, 0.3) is 5.69 Å². The van der Waals surface area contributed by atoms with Crippen LogP contribution in [0.4, 0.5) is 5.69 Å². The highest BCUT2D eigenvalue weighted by atomic mass is 16.3. The van der Waals surface area contributed by atoms with E-state index in [2.05, 4.69) is 10.3 Å². The smallest absolute Gasteiger partial charge is 0.275 e. The van der Waals surface area contributed by atoms with E-state index in [9.17, 15) is 14.5 Å². The number of nitrogens with one attached hydrogen (secondary N) is 1. The Morgan fingerprint density at radius 1 is 1.30 bits per heavy atom. The first-order chi connectivity index (χ1) is 13.1. The van der Waals surface area contributed by atoms with E-state index in [1.54, 1.807) is 12.3 Å². The fourth-order valence-corrected chi connectivity index (χ4v) is 4.69. The van der Waals surface area contributed by atoms with Gasteiger partial charge in [0.1, 0.15) is 0 Å². The molecule has 27 heavy (non-hydrogen) atoms. The lowest BCUT2D eigenvalue weighted by molar-refractivity contribution is -0.406. The van der Waals surface area contributed by atoms with Gasteiger partial charge in [-0.15, -0.1) is 0 Å². The SMILES string of the molecule is CCC(=O)NCC1=c2c(c3c(c4c2=CC(=O)C4)[N+](=O)C2=C3CCCC2)C=N1. The van der Waals surface area contributed by atoms with Gasteiger partial charge in [0.2, 0.25) is 11.6 Å². The quantitative estimate of drug-likeness (QED) is 0.825. The summed E-state index contributed by atoms with van der Waals surface area (Å²) in [6.07, 6.45) is 7.89. The first-order valence-electron chi connectivity index (χ1n) is 9.57. The van der Waals surface area contributed by atoms with Crippen LogP contribution in [-0.2, 0) is 16.0 Å². The highest BCUT2D eigenvalue weighted by molar-refractivity contribution is 6.12. The number of carbonyl (C=O) groups is 2. The van der Waals surface area contributed by atoms with Gasteiger partial charge in [0.05, 0.1) is 22.6 Å².